The number of pyridine rings is 2. The first-order chi connectivity index (χ1) is 67.8. The highest BCUT2D eigenvalue weighted by molar-refractivity contribution is 6.30. The highest BCUT2D eigenvalue weighted by atomic mass is 35.5. The first-order valence-electron chi connectivity index (χ1n) is 48.2. The molecular weight excluding hydrogens is 1780 g/mol. The number of benzene rings is 9. The number of hydrogen-bond acceptors (Lipinski definition) is 11. The number of nitrogens with one attached hydrogen (secondary N) is 2. The minimum atomic E-state index is -0.100. The SMILES string of the molecule is CN(Cc1ccccc1)C(=O)C1CCN(C(=O)c2cc3ccccc3n2Cc2ccccc2)CC1.Cc1ccc(Cn2c(C(=O)N3CCC(C(=O)N(C)Cc4ccccc4)CC3)cc3ccccc32)cc1.O=C(NCCc1ccncc1)C1CCN(C(=O)c2cccn2Cc2ccc(Cl)cc2)CC1.O=C(NCCc1ccncc1)C1CCN(C(=O)c2nc3ccccc3n2Cc2ccc(Cl)cc2)CC1. The van der Waals surface area contributed by atoms with Crippen molar-refractivity contribution in [2.45, 2.75) is 110 Å². The number of amides is 8. The number of aryl methyl sites for hydroxylation is 1. The van der Waals surface area contributed by atoms with Crippen LogP contribution in [0.5, 0.6) is 0 Å². The lowest BCUT2D eigenvalue weighted by atomic mass is 9.95. The Morgan fingerprint density at radius 1 is 0.338 bits per heavy atom. The van der Waals surface area contributed by atoms with Gasteiger partial charge in [0.15, 0.2) is 0 Å². The summed E-state index contributed by atoms with van der Waals surface area (Å²) in [6.45, 7) is 11.6. The van der Waals surface area contributed by atoms with Gasteiger partial charge in [-0.1, -0.05) is 217 Å². The van der Waals surface area contributed by atoms with E-state index < -0.39 is 0 Å². The molecule has 712 valence electrons. The number of rotatable bonds is 26. The van der Waals surface area contributed by atoms with E-state index in [1.54, 1.807) is 24.8 Å². The van der Waals surface area contributed by atoms with Crippen LogP contribution in [-0.2, 0) is 71.3 Å². The number of carbonyl (C=O) groups excluding carboxylic acids is 8. The van der Waals surface area contributed by atoms with Gasteiger partial charge in [-0.3, -0.25) is 48.3 Å². The molecule has 0 unspecified atom stereocenters. The van der Waals surface area contributed by atoms with Gasteiger partial charge in [0.2, 0.25) is 29.5 Å². The van der Waals surface area contributed by atoms with Crippen molar-refractivity contribution in [1.29, 1.82) is 0 Å². The van der Waals surface area contributed by atoms with Gasteiger partial charge in [-0.25, -0.2) is 4.98 Å². The summed E-state index contributed by atoms with van der Waals surface area (Å²) in [6.07, 6.45) is 16.0. The smallest absolute Gasteiger partial charge is 0.289 e. The molecule has 4 aliphatic heterocycles. The summed E-state index contributed by atoms with van der Waals surface area (Å²) >= 11 is 12.0. The standard InChI is InChI=1S/C31H33N3O2.C30H31N3O2.C28H28ClN5O2.C25H27ClN4O2/c1-23-12-14-25(15-13-23)22-34-28-11-7-6-10-27(28)20-29(34)31(36)33-18-16-26(17-19-33)30(35)32(2)21-24-8-4-3-5-9-24;1-31(21-23-10-4-2-5-11-23)29(34)25-16-18-32(19-17-25)30(35)28-20-26-14-8-9-15-27(26)33(28)22-24-12-6-3-7-13-24;29-23-7-5-21(6-8-23)19-34-25-4-2-1-3-24(25)32-26(34)28(36)33-17-12-22(13-18-33)27(35)31-16-11-20-9-14-30-15-10-20;26-22-5-3-20(4-6-22)18-30-15-1-2-23(30)25(32)29-16-10-21(11-17-29)24(31)28-14-9-19-7-12-27-13-8-19/h3-15,20,26H,16-19,21-22H2,1-2H3;2-15,20,25H,16-19,21-22H2,1H3;1-10,14-15,22H,11-13,16-19H2,(H,31,35);1-8,12-13,15,21H,9-11,14,16-18H2,(H,28,31). The van der Waals surface area contributed by atoms with Crippen molar-refractivity contribution in [3.05, 3.63) is 399 Å². The summed E-state index contributed by atoms with van der Waals surface area (Å²) in [5.41, 5.74) is 16.2. The molecule has 0 bridgehead atoms. The maximum Gasteiger partial charge on any atom is 0.289 e. The van der Waals surface area contributed by atoms with Crippen LogP contribution < -0.4 is 10.6 Å². The van der Waals surface area contributed by atoms with E-state index in [9.17, 15) is 38.4 Å². The third kappa shape index (κ3) is 25.6. The molecule has 6 aromatic heterocycles. The average molecular weight is 1900 g/mol. The van der Waals surface area contributed by atoms with Gasteiger partial charge in [0.05, 0.1) is 11.0 Å². The van der Waals surface area contributed by atoms with Crippen molar-refractivity contribution in [3.63, 3.8) is 0 Å². The molecular formula is C114H119Cl2N15O8. The minimum Gasteiger partial charge on any atom is -0.356 e. The van der Waals surface area contributed by atoms with Crippen LogP contribution in [0.15, 0.2) is 316 Å². The van der Waals surface area contributed by atoms with Crippen LogP contribution in [0.4, 0.5) is 0 Å². The Morgan fingerprint density at radius 2 is 0.683 bits per heavy atom. The van der Waals surface area contributed by atoms with Crippen molar-refractivity contribution in [2.24, 2.45) is 23.7 Å². The number of piperidine rings is 4. The molecule has 19 rings (SSSR count). The summed E-state index contributed by atoms with van der Waals surface area (Å²) < 4.78 is 8.19. The Hall–Kier alpha value is -14.6. The first kappa shape index (κ1) is 97.5. The van der Waals surface area contributed by atoms with Gasteiger partial charge in [0.25, 0.3) is 23.6 Å². The summed E-state index contributed by atoms with van der Waals surface area (Å²) in [6, 6.07) is 93.8. The number of para-hydroxylation sites is 4. The second-order valence-electron chi connectivity index (χ2n) is 36.5. The Morgan fingerprint density at radius 3 is 1.12 bits per heavy atom. The summed E-state index contributed by atoms with van der Waals surface area (Å²) in [5.74, 6) is 0.689. The fourth-order valence-corrected chi connectivity index (χ4v) is 19.2. The van der Waals surface area contributed by atoms with E-state index in [1.165, 1.54) is 11.1 Å². The van der Waals surface area contributed by atoms with Crippen molar-refractivity contribution < 1.29 is 38.4 Å². The quantitative estimate of drug-likeness (QED) is 0.0517. The zero-order chi connectivity index (χ0) is 96.5. The van der Waals surface area contributed by atoms with E-state index in [0.29, 0.717) is 189 Å². The van der Waals surface area contributed by atoms with Gasteiger partial charge in [0.1, 0.15) is 17.1 Å². The third-order valence-corrected chi connectivity index (χ3v) is 27.4. The van der Waals surface area contributed by atoms with Crippen LogP contribution in [0, 0.1) is 30.6 Å². The summed E-state index contributed by atoms with van der Waals surface area (Å²) in [4.78, 5) is 129. The number of nitrogens with zero attached hydrogens (tertiary/aromatic N) is 13. The lowest BCUT2D eigenvalue weighted by Crippen LogP contribution is -2.44. The van der Waals surface area contributed by atoms with Gasteiger partial charge in [-0.2, -0.15) is 0 Å². The van der Waals surface area contributed by atoms with E-state index in [-0.39, 0.29) is 70.9 Å². The molecule has 2 N–H and O–H groups in total. The molecule has 8 amide bonds. The number of aromatic nitrogens is 7. The zero-order valence-corrected chi connectivity index (χ0v) is 80.6. The zero-order valence-electron chi connectivity index (χ0n) is 79.1. The summed E-state index contributed by atoms with van der Waals surface area (Å²) in [5, 5.41) is 9.59. The molecule has 0 spiro atoms. The van der Waals surface area contributed by atoms with E-state index in [0.717, 1.165) is 84.6 Å². The maximum absolute atomic E-state index is 13.7. The Labute approximate surface area is 822 Å². The van der Waals surface area contributed by atoms with Crippen LogP contribution in [0.2, 0.25) is 10.0 Å². The molecule has 4 aliphatic rings. The van der Waals surface area contributed by atoms with E-state index in [4.69, 9.17) is 23.2 Å². The topological polar surface area (TPSA) is 238 Å². The number of carbonyl (C=O) groups is 8. The lowest BCUT2D eigenvalue weighted by Gasteiger charge is -2.33. The van der Waals surface area contributed by atoms with Crippen LogP contribution in [0.1, 0.15) is 144 Å². The number of fused-ring (bicyclic) bond motifs is 3. The van der Waals surface area contributed by atoms with Crippen molar-refractivity contribution >= 4 is 103 Å². The average Bonchev–Trinajstić information content (AvgIpc) is 1.64. The Bertz CT molecular complexity index is 6650. The fraction of sp³-hybridized carbons (Fsp3) is 0.289. The second-order valence-corrected chi connectivity index (χ2v) is 37.4. The monoisotopic (exact) mass is 1900 g/mol. The molecule has 0 saturated carbocycles. The van der Waals surface area contributed by atoms with E-state index in [2.05, 4.69) is 102 Å². The van der Waals surface area contributed by atoms with Gasteiger partial charge in [0, 0.05) is 205 Å². The normalized spacial score (nSPS) is 14.3. The molecule has 15 aromatic rings. The van der Waals surface area contributed by atoms with Gasteiger partial charge in [-0.15, -0.1) is 0 Å². The molecule has 9 aromatic carbocycles. The molecule has 139 heavy (non-hydrogen) atoms. The highest BCUT2D eigenvalue weighted by Crippen LogP contribution is 2.32. The van der Waals surface area contributed by atoms with Gasteiger partial charge >= 0.3 is 0 Å². The van der Waals surface area contributed by atoms with Crippen molar-refractivity contribution in [2.75, 3.05) is 79.5 Å². The first-order valence-corrected chi connectivity index (χ1v) is 49.0. The largest absolute Gasteiger partial charge is 0.356 e. The number of hydrogen-bond donors (Lipinski definition) is 2. The number of likely N-dealkylation sites (tertiary alicyclic amines) is 4. The number of imidazole rings is 1. The fourth-order valence-electron chi connectivity index (χ4n) is 19.0. The summed E-state index contributed by atoms with van der Waals surface area (Å²) in [7, 11) is 3.74. The molecule has 10 heterocycles. The highest BCUT2D eigenvalue weighted by Gasteiger charge is 2.36. The Balaban J connectivity index is 0.000000134. The van der Waals surface area contributed by atoms with Crippen LogP contribution in [0.25, 0.3) is 32.8 Å². The molecule has 23 nitrogen and oxygen atoms in total. The molecule has 0 aliphatic carbocycles. The molecule has 0 atom stereocenters. The Kier molecular flexibility index (Phi) is 33.3. The van der Waals surface area contributed by atoms with Crippen molar-refractivity contribution in [1.82, 2.24) is 73.3 Å². The van der Waals surface area contributed by atoms with Crippen molar-refractivity contribution in [3.8, 4) is 0 Å². The molecule has 4 fully saturated rings. The van der Waals surface area contributed by atoms with Crippen LogP contribution in [-0.4, -0.2) is 189 Å². The van der Waals surface area contributed by atoms with Crippen LogP contribution in [0.3, 0.4) is 0 Å². The predicted octanol–water partition coefficient (Wildman–Crippen LogP) is 18.8. The predicted molar refractivity (Wildman–Crippen MR) is 547 cm³/mol. The van der Waals surface area contributed by atoms with Gasteiger partial charge in [-0.05, 0) is 213 Å². The van der Waals surface area contributed by atoms with E-state index >= 15 is 0 Å². The number of halogens is 2. The van der Waals surface area contributed by atoms with E-state index in [1.807, 2.05) is 283 Å². The maximum atomic E-state index is 13.7. The lowest BCUT2D eigenvalue weighted by molar-refractivity contribution is -0.136. The second kappa shape index (κ2) is 47.5. The third-order valence-electron chi connectivity index (χ3n) is 26.9. The minimum absolute atomic E-state index is 0.0144. The van der Waals surface area contributed by atoms with Gasteiger partial charge < -0.3 is 58.3 Å². The van der Waals surface area contributed by atoms with Crippen LogP contribution >= 0.6 is 23.2 Å². The molecule has 25 heteroatoms. The molecule has 0 radical (unpaired) electrons. The molecule has 4 saturated heterocycles.